The standard InChI is InChI=1S/C27H21N5O5S/c1-14-20(22(32-37-14)15-5-3-2-4-6-15)23(33)24-21(29)18(13-28)26(38-24)30-17-9-7-16(8-10-17)25(34)31-19-11-12-36-27(19)35/h2-10,19,30H,11-12,29H2,1H3,(H,31,34). The van der Waals surface area contributed by atoms with E-state index in [2.05, 4.69) is 21.9 Å². The maximum absolute atomic E-state index is 13.6. The number of thiophene rings is 1. The molecule has 0 aliphatic carbocycles. The predicted molar refractivity (Wildman–Crippen MR) is 140 cm³/mol. The Morgan fingerprint density at radius 3 is 2.55 bits per heavy atom. The number of esters is 1. The fourth-order valence-electron chi connectivity index (χ4n) is 4.06. The van der Waals surface area contributed by atoms with Crippen LogP contribution >= 0.6 is 11.3 Å². The molecule has 11 heteroatoms. The Hall–Kier alpha value is -4.95. The van der Waals surface area contributed by atoms with Gasteiger partial charge in [-0.1, -0.05) is 35.5 Å². The number of hydrogen-bond donors (Lipinski definition) is 3. The Labute approximate surface area is 221 Å². The molecule has 1 saturated heterocycles. The maximum Gasteiger partial charge on any atom is 0.328 e. The van der Waals surface area contributed by atoms with Crippen molar-refractivity contribution in [2.45, 2.75) is 19.4 Å². The van der Waals surface area contributed by atoms with E-state index in [9.17, 15) is 19.6 Å². The van der Waals surface area contributed by atoms with Crippen LogP contribution in [0.2, 0.25) is 0 Å². The fourth-order valence-corrected chi connectivity index (χ4v) is 5.10. The number of carbonyl (C=O) groups is 3. The van der Waals surface area contributed by atoms with Crippen molar-refractivity contribution in [1.82, 2.24) is 10.5 Å². The zero-order valence-corrected chi connectivity index (χ0v) is 20.9. The van der Waals surface area contributed by atoms with Crippen molar-refractivity contribution in [2.24, 2.45) is 0 Å². The quantitative estimate of drug-likeness (QED) is 0.236. The highest BCUT2D eigenvalue weighted by atomic mass is 32.1. The van der Waals surface area contributed by atoms with Gasteiger partial charge in [-0.15, -0.1) is 11.3 Å². The molecule has 2 aromatic carbocycles. The first-order chi connectivity index (χ1) is 18.4. The Bertz CT molecular complexity index is 1580. The van der Waals surface area contributed by atoms with Gasteiger partial charge in [-0.05, 0) is 31.2 Å². The van der Waals surface area contributed by atoms with Gasteiger partial charge < -0.3 is 25.6 Å². The first-order valence-corrected chi connectivity index (χ1v) is 12.4. The lowest BCUT2D eigenvalue weighted by Gasteiger charge is -2.10. The number of hydrogen-bond acceptors (Lipinski definition) is 10. The number of anilines is 3. The fraction of sp³-hybridized carbons (Fsp3) is 0.148. The lowest BCUT2D eigenvalue weighted by Crippen LogP contribution is -2.37. The van der Waals surface area contributed by atoms with Crippen LogP contribution in [-0.4, -0.2) is 35.5 Å². The first-order valence-electron chi connectivity index (χ1n) is 11.6. The molecule has 1 amide bonds. The molecular formula is C27H21N5O5S. The van der Waals surface area contributed by atoms with Crippen molar-refractivity contribution >= 4 is 45.4 Å². The third-order valence-corrected chi connectivity index (χ3v) is 7.17. The summed E-state index contributed by atoms with van der Waals surface area (Å²) in [7, 11) is 0. The lowest BCUT2D eigenvalue weighted by atomic mass is 10.0. The largest absolute Gasteiger partial charge is 0.464 e. The molecule has 2 aromatic heterocycles. The van der Waals surface area contributed by atoms with Gasteiger partial charge in [-0.2, -0.15) is 5.26 Å². The van der Waals surface area contributed by atoms with E-state index < -0.39 is 23.7 Å². The van der Waals surface area contributed by atoms with Crippen LogP contribution in [0.25, 0.3) is 11.3 Å². The van der Waals surface area contributed by atoms with Gasteiger partial charge in [0.15, 0.2) is 0 Å². The van der Waals surface area contributed by atoms with Crippen molar-refractivity contribution in [1.29, 1.82) is 5.26 Å². The monoisotopic (exact) mass is 527 g/mol. The van der Waals surface area contributed by atoms with E-state index in [1.54, 1.807) is 31.2 Å². The van der Waals surface area contributed by atoms with Gasteiger partial charge in [0.1, 0.15) is 39.0 Å². The highest BCUT2D eigenvalue weighted by Gasteiger charge is 2.29. The lowest BCUT2D eigenvalue weighted by molar-refractivity contribution is -0.139. The number of cyclic esters (lactones) is 1. The maximum atomic E-state index is 13.6. The van der Waals surface area contributed by atoms with E-state index in [0.29, 0.717) is 34.1 Å². The third-order valence-electron chi connectivity index (χ3n) is 6.05. The summed E-state index contributed by atoms with van der Waals surface area (Å²) >= 11 is 1.05. The zero-order valence-electron chi connectivity index (χ0n) is 20.1. The molecule has 1 aliphatic heterocycles. The van der Waals surface area contributed by atoms with Crippen LogP contribution in [0, 0.1) is 18.3 Å². The van der Waals surface area contributed by atoms with Gasteiger partial charge in [0, 0.05) is 23.2 Å². The van der Waals surface area contributed by atoms with E-state index in [4.69, 9.17) is 15.0 Å². The number of nitrogen functional groups attached to an aromatic ring is 1. The molecule has 3 heterocycles. The number of nitrogens with zero attached hydrogens (tertiary/aromatic N) is 2. The second kappa shape index (κ2) is 10.2. The number of benzene rings is 2. The van der Waals surface area contributed by atoms with Crippen LogP contribution in [0.4, 0.5) is 16.4 Å². The second-order valence-corrected chi connectivity index (χ2v) is 9.52. The highest BCUT2D eigenvalue weighted by molar-refractivity contribution is 7.19. The van der Waals surface area contributed by atoms with Crippen molar-refractivity contribution in [3.8, 4) is 17.3 Å². The molecule has 0 bridgehead atoms. The average Bonchev–Trinajstić information content (AvgIpc) is 3.61. The van der Waals surface area contributed by atoms with Gasteiger partial charge >= 0.3 is 5.97 Å². The minimum absolute atomic E-state index is 0.0593. The van der Waals surface area contributed by atoms with Crippen LogP contribution in [0.15, 0.2) is 59.1 Å². The summed E-state index contributed by atoms with van der Waals surface area (Å²) in [6.45, 7) is 1.93. The van der Waals surface area contributed by atoms with Gasteiger partial charge in [-0.3, -0.25) is 9.59 Å². The number of nitrogens with two attached hydrogens (primary N) is 1. The Morgan fingerprint density at radius 1 is 1.16 bits per heavy atom. The highest BCUT2D eigenvalue weighted by Crippen LogP contribution is 2.40. The number of aromatic nitrogens is 1. The first kappa shape index (κ1) is 24.7. The summed E-state index contributed by atoms with van der Waals surface area (Å²) in [5.41, 5.74) is 8.77. The van der Waals surface area contributed by atoms with Crippen molar-refractivity contribution in [3.05, 3.63) is 81.9 Å². The second-order valence-electron chi connectivity index (χ2n) is 8.50. The molecule has 190 valence electrons. The third kappa shape index (κ3) is 4.60. The minimum Gasteiger partial charge on any atom is -0.464 e. The summed E-state index contributed by atoms with van der Waals surface area (Å²) in [4.78, 5) is 37.8. The molecule has 0 saturated carbocycles. The SMILES string of the molecule is Cc1onc(-c2ccccc2)c1C(=O)c1sc(Nc2ccc(C(=O)NC3CCOC3=O)cc2)c(C#N)c1N. The average molecular weight is 528 g/mol. The van der Waals surface area contributed by atoms with Crippen LogP contribution in [0.1, 0.15) is 43.3 Å². The van der Waals surface area contributed by atoms with E-state index in [-0.39, 0.29) is 28.3 Å². The minimum atomic E-state index is -0.653. The number of aryl methyl sites for hydroxylation is 1. The van der Waals surface area contributed by atoms with Crippen LogP contribution < -0.4 is 16.4 Å². The van der Waals surface area contributed by atoms with Gasteiger partial charge in [0.25, 0.3) is 5.91 Å². The van der Waals surface area contributed by atoms with Crippen LogP contribution in [0.3, 0.4) is 0 Å². The molecule has 38 heavy (non-hydrogen) atoms. The topological polar surface area (TPSA) is 160 Å². The molecule has 4 N–H and O–H groups in total. The smallest absolute Gasteiger partial charge is 0.328 e. The summed E-state index contributed by atoms with van der Waals surface area (Å²) < 4.78 is 10.2. The number of ether oxygens (including phenoxy) is 1. The molecule has 0 radical (unpaired) electrons. The van der Waals surface area contributed by atoms with Crippen molar-refractivity contribution in [2.75, 3.05) is 17.7 Å². The Balaban J connectivity index is 1.39. The molecule has 0 spiro atoms. The predicted octanol–water partition coefficient (Wildman–Crippen LogP) is 4.19. The van der Waals surface area contributed by atoms with E-state index in [0.717, 1.165) is 16.9 Å². The van der Waals surface area contributed by atoms with E-state index in [1.807, 2.05) is 30.3 Å². The molecule has 10 nitrogen and oxygen atoms in total. The zero-order chi connectivity index (χ0) is 26.8. The van der Waals surface area contributed by atoms with Gasteiger partial charge in [0.05, 0.1) is 17.9 Å². The molecular weight excluding hydrogens is 506 g/mol. The van der Waals surface area contributed by atoms with Gasteiger partial charge in [0.2, 0.25) is 5.78 Å². The summed E-state index contributed by atoms with van der Waals surface area (Å²) in [5, 5.41) is 20.0. The molecule has 1 unspecified atom stereocenters. The van der Waals surface area contributed by atoms with Crippen LogP contribution in [0.5, 0.6) is 0 Å². The number of nitrogens with one attached hydrogen (secondary N) is 2. The van der Waals surface area contributed by atoms with Crippen molar-refractivity contribution < 1.29 is 23.6 Å². The molecule has 1 aliphatic rings. The number of rotatable bonds is 7. The number of nitriles is 1. The Kier molecular flexibility index (Phi) is 6.64. The molecule has 1 atom stereocenters. The van der Waals surface area contributed by atoms with Crippen molar-refractivity contribution in [3.63, 3.8) is 0 Å². The summed E-state index contributed by atoms with van der Waals surface area (Å²) in [5.74, 6) is -0.898. The molecule has 4 aromatic rings. The summed E-state index contributed by atoms with van der Waals surface area (Å²) in [6.07, 6.45) is 0.434. The number of amides is 1. The van der Waals surface area contributed by atoms with E-state index >= 15 is 0 Å². The number of ketones is 1. The summed E-state index contributed by atoms with van der Waals surface area (Å²) in [6, 6.07) is 17.0. The van der Waals surface area contributed by atoms with Crippen LogP contribution in [-0.2, 0) is 9.53 Å². The Morgan fingerprint density at radius 2 is 1.89 bits per heavy atom. The van der Waals surface area contributed by atoms with E-state index in [1.165, 1.54) is 0 Å². The number of carbonyl (C=O) groups excluding carboxylic acids is 3. The van der Waals surface area contributed by atoms with Gasteiger partial charge in [-0.25, -0.2) is 4.79 Å². The normalized spacial score (nSPS) is 14.5. The molecule has 5 rings (SSSR count). The molecule has 1 fully saturated rings.